The van der Waals surface area contributed by atoms with Crippen molar-refractivity contribution >= 4 is 34.0 Å². The van der Waals surface area contributed by atoms with Crippen LogP contribution >= 0.6 is 24.0 Å². The SMILES string of the molecule is Cl.O=S(=O)(NCC1CCNC1)c1ccc(F)cc1Cl. The lowest BCUT2D eigenvalue weighted by Crippen LogP contribution is -2.30. The molecule has 4 nitrogen and oxygen atoms in total. The minimum absolute atomic E-state index is 0. The molecular weight excluding hydrogens is 314 g/mol. The lowest BCUT2D eigenvalue weighted by Gasteiger charge is -2.11. The number of rotatable bonds is 4. The first kappa shape index (κ1) is 16.7. The van der Waals surface area contributed by atoms with Crippen LogP contribution in [-0.4, -0.2) is 28.1 Å². The minimum atomic E-state index is -3.67. The Morgan fingerprint density at radius 1 is 1.47 bits per heavy atom. The maximum absolute atomic E-state index is 12.9. The quantitative estimate of drug-likeness (QED) is 0.885. The first-order valence-electron chi connectivity index (χ1n) is 5.64. The summed E-state index contributed by atoms with van der Waals surface area (Å²) in [6.45, 7) is 2.08. The van der Waals surface area contributed by atoms with E-state index in [4.69, 9.17) is 11.6 Å². The smallest absolute Gasteiger partial charge is 0.242 e. The van der Waals surface area contributed by atoms with Crippen molar-refractivity contribution in [1.82, 2.24) is 10.0 Å². The molecule has 0 aromatic heterocycles. The van der Waals surface area contributed by atoms with Gasteiger partial charge in [-0.25, -0.2) is 17.5 Å². The molecule has 0 bridgehead atoms. The van der Waals surface area contributed by atoms with Gasteiger partial charge in [0.05, 0.1) is 5.02 Å². The third kappa shape index (κ3) is 4.29. The van der Waals surface area contributed by atoms with Gasteiger partial charge in [0.2, 0.25) is 10.0 Å². The summed E-state index contributed by atoms with van der Waals surface area (Å²) in [5.74, 6) is -0.266. The molecule has 1 saturated heterocycles. The predicted molar refractivity (Wildman–Crippen MR) is 74.8 cm³/mol. The van der Waals surface area contributed by atoms with Gasteiger partial charge >= 0.3 is 0 Å². The summed E-state index contributed by atoms with van der Waals surface area (Å²) in [5.41, 5.74) is 0. The number of halogens is 3. The van der Waals surface area contributed by atoms with E-state index in [0.717, 1.165) is 31.6 Å². The molecule has 2 rings (SSSR count). The van der Waals surface area contributed by atoms with Crippen LogP contribution in [0.2, 0.25) is 5.02 Å². The largest absolute Gasteiger partial charge is 0.316 e. The number of hydrogen-bond acceptors (Lipinski definition) is 3. The molecule has 1 aromatic rings. The molecule has 8 heteroatoms. The standard InChI is InChI=1S/C11H14ClFN2O2S.ClH/c12-10-5-9(13)1-2-11(10)18(16,17)15-7-8-3-4-14-6-8;/h1-2,5,8,14-15H,3-4,6-7H2;1H. The van der Waals surface area contributed by atoms with Crippen molar-refractivity contribution in [3.8, 4) is 0 Å². The molecule has 2 N–H and O–H groups in total. The monoisotopic (exact) mass is 328 g/mol. The van der Waals surface area contributed by atoms with E-state index in [-0.39, 0.29) is 22.3 Å². The maximum Gasteiger partial charge on any atom is 0.242 e. The molecule has 1 unspecified atom stereocenters. The molecule has 19 heavy (non-hydrogen) atoms. The minimum Gasteiger partial charge on any atom is -0.316 e. The molecule has 1 aromatic carbocycles. The second kappa shape index (κ2) is 6.85. The van der Waals surface area contributed by atoms with Gasteiger partial charge in [-0.2, -0.15) is 0 Å². The summed E-state index contributed by atoms with van der Waals surface area (Å²) in [5, 5.41) is 3.05. The topological polar surface area (TPSA) is 58.2 Å². The molecule has 0 radical (unpaired) electrons. The summed E-state index contributed by atoms with van der Waals surface area (Å²) in [4.78, 5) is -0.0866. The zero-order valence-corrected chi connectivity index (χ0v) is 12.4. The van der Waals surface area contributed by atoms with Crippen LogP contribution in [0.3, 0.4) is 0 Å². The normalized spacial score (nSPS) is 19.2. The van der Waals surface area contributed by atoms with Gasteiger partial charge in [-0.1, -0.05) is 11.6 Å². The van der Waals surface area contributed by atoms with Crippen LogP contribution in [0.5, 0.6) is 0 Å². The Morgan fingerprint density at radius 2 is 2.21 bits per heavy atom. The van der Waals surface area contributed by atoms with E-state index >= 15 is 0 Å². The van der Waals surface area contributed by atoms with E-state index in [9.17, 15) is 12.8 Å². The Labute approximate surface area is 123 Å². The number of sulfonamides is 1. The van der Waals surface area contributed by atoms with E-state index in [0.29, 0.717) is 12.5 Å². The van der Waals surface area contributed by atoms with Crippen LogP contribution in [0, 0.1) is 11.7 Å². The summed E-state index contributed by atoms with van der Waals surface area (Å²) in [6, 6.07) is 3.25. The van der Waals surface area contributed by atoms with Gasteiger partial charge in [0.1, 0.15) is 10.7 Å². The highest BCUT2D eigenvalue weighted by molar-refractivity contribution is 7.89. The summed E-state index contributed by atoms with van der Waals surface area (Å²) >= 11 is 5.74. The molecule has 1 fully saturated rings. The van der Waals surface area contributed by atoms with Crippen molar-refractivity contribution in [3.63, 3.8) is 0 Å². The zero-order chi connectivity index (χ0) is 13.2. The lowest BCUT2D eigenvalue weighted by molar-refractivity contribution is 0.538. The molecule has 0 saturated carbocycles. The number of benzene rings is 1. The Morgan fingerprint density at radius 3 is 2.79 bits per heavy atom. The Kier molecular flexibility index (Phi) is 6.01. The van der Waals surface area contributed by atoms with E-state index in [2.05, 4.69) is 10.0 Å². The van der Waals surface area contributed by atoms with Gasteiger partial charge in [-0.05, 0) is 43.6 Å². The molecule has 1 aliphatic rings. The van der Waals surface area contributed by atoms with Crippen LogP contribution < -0.4 is 10.0 Å². The van der Waals surface area contributed by atoms with E-state index in [1.54, 1.807) is 0 Å². The van der Waals surface area contributed by atoms with Crippen molar-refractivity contribution < 1.29 is 12.8 Å². The van der Waals surface area contributed by atoms with Crippen LogP contribution in [0.25, 0.3) is 0 Å². The summed E-state index contributed by atoms with van der Waals surface area (Å²) < 4.78 is 39.3. The van der Waals surface area contributed by atoms with E-state index < -0.39 is 15.8 Å². The van der Waals surface area contributed by atoms with Gasteiger partial charge in [0, 0.05) is 6.54 Å². The Hall–Kier alpha value is -0.400. The lowest BCUT2D eigenvalue weighted by atomic mass is 10.1. The third-order valence-electron chi connectivity index (χ3n) is 2.91. The fourth-order valence-corrected chi connectivity index (χ4v) is 3.53. The second-order valence-electron chi connectivity index (χ2n) is 4.29. The number of hydrogen-bond donors (Lipinski definition) is 2. The first-order chi connectivity index (χ1) is 8.49. The van der Waals surface area contributed by atoms with Crippen molar-refractivity contribution in [2.75, 3.05) is 19.6 Å². The fourth-order valence-electron chi connectivity index (χ4n) is 1.89. The van der Waals surface area contributed by atoms with E-state index in [1.807, 2.05) is 0 Å². The molecule has 0 aliphatic carbocycles. The van der Waals surface area contributed by atoms with Crippen LogP contribution in [0.15, 0.2) is 23.1 Å². The van der Waals surface area contributed by atoms with Crippen molar-refractivity contribution in [1.29, 1.82) is 0 Å². The van der Waals surface area contributed by atoms with Gasteiger partial charge in [0.25, 0.3) is 0 Å². The van der Waals surface area contributed by atoms with Crippen molar-refractivity contribution in [2.24, 2.45) is 5.92 Å². The van der Waals surface area contributed by atoms with Crippen molar-refractivity contribution in [2.45, 2.75) is 11.3 Å². The van der Waals surface area contributed by atoms with Crippen molar-refractivity contribution in [3.05, 3.63) is 29.0 Å². The zero-order valence-electron chi connectivity index (χ0n) is 10.0. The summed E-state index contributed by atoms with van der Waals surface area (Å²) in [7, 11) is -3.67. The van der Waals surface area contributed by atoms with Gasteiger partial charge in [0.15, 0.2) is 0 Å². The number of nitrogens with one attached hydrogen (secondary N) is 2. The molecular formula is C11H15Cl2FN2O2S. The second-order valence-corrected chi connectivity index (χ2v) is 6.43. The van der Waals surface area contributed by atoms with Crippen LogP contribution in [-0.2, 0) is 10.0 Å². The Bertz CT molecular complexity index is 533. The van der Waals surface area contributed by atoms with Crippen LogP contribution in [0.1, 0.15) is 6.42 Å². The first-order valence-corrected chi connectivity index (χ1v) is 7.50. The van der Waals surface area contributed by atoms with E-state index in [1.165, 1.54) is 6.07 Å². The van der Waals surface area contributed by atoms with Gasteiger partial charge in [-0.15, -0.1) is 12.4 Å². The molecule has 1 aliphatic heterocycles. The Balaban J connectivity index is 0.00000180. The average Bonchev–Trinajstić information content (AvgIpc) is 2.78. The molecule has 0 spiro atoms. The predicted octanol–water partition coefficient (Wildman–Crippen LogP) is 1.79. The maximum atomic E-state index is 12.9. The van der Waals surface area contributed by atoms with Gasteiger partial charge in [-0.3, -0.25) is 0 Å². The highest BCUT2D eigenvalue weighted by Crippen LogP contribution is 2.22. The van der Waals surface area contributed by atoms with Gasteiger partial charge < -0.3 is 5.32 Å². The molecule has 108 valence electrons. The highest BCUT2D eigenvalue weighted by Gasteiger charge is 2.21. The molecule has 1 heterocycles. The third-order valence-corrected chi connectivity index (χ3v) is 4.81. The highest BCUT2D eigenvalue weighted by atomic mass is 35.5. The average molecular weight is 329 g/mol. The fraction of sp³-hybridized carbons (Fsp3) is 0.455. The van der Waals surface area contributed by atoms with Crippen LogP contribution in [0.4, 0.5) is 4.39 Å². The summed E-state index contributed by atoms with van der Waals surface area (Å²) in [6.07, 6.45) is 0.944. The molecule has 1 atom stereocenters. The molecule has 0 amide bonds.